The Hall–Kier alpha value is -3.96. The second kappa shape index (κ2) is 11.3. The van der Waals surface area contributed by atoms with E-state index < -0.39 is 22.6 Å². The molecule has 0 bridgehead atoms. The molecule has 2 fully saturated rings. The van der Waals surface area contributed by atoms with E-state index in [4.69, 9.17) is 0 Å². The largest absolute Gasteiger partial charge is 0.396 e. The van der Waals surface area contributed by atoms with Crippen molar-refractivity contribution in [3.8, 4) is 0 Å². The van der Waals surface area contributed by atoms with E-state index in [1.165, 1.54) is 0 Å². The van der Waals surface area contributed by atoms with Crippen LogP contribution in [0.5, 0.6) is 0 Å². The molecule has 1 spiro atoms. The molecule has 0 aliphatic carbocycles. The molecule has 5 atom stereocenters. The van der Waals surface area contributed by atoms with Crippen LogP contribution >= 0.6 is 11.8 Å². The summed E-state index contributed by atoms with van der Waals surface area (Å²) in [6, 6.07) is 16.7. The number of aliphatic hydroxyl groups excluding tert-OH is 1. The maximum absolute atomic E-state index is 14.5. The van der Waals surface area contributed by atoms with Crippen molar-refractivity contribution in [2.75, 3.05) is 26.2 Å². The Labute approximate surface area is 254 Å². The Morgan fingerprint density at radius 3 is 2.53 bits per heavy atom. The first kappa shape index (κ1) is 27.8. The first-order chi connectivity index (χ1) is 21.0. The molecular weight excluding hydrogens is 564 g/mol. The summed E-state index contributed by atoms with van der Waals surface area (Å²) in [4.78, 5) is 48.4. The second-order valence-electron chi connectivity index (χ2n) is 11.6. The van der Waals surface area contributed by atoms with Gasteiger partial charge in [0.2, 0.25) is 17.7 Å². The molecule has 43 heavy (non-hydrogen) atoms. The number of unbranched alkanes of at least 4 members (excludes halogenated alkanes) is 1. The molecule has 7 rings (SSSR count). The number of amides is 3. The minimum atomic E-state index is -0.877. The van der Waals surface area contributed by atoms with Gasteiger partial charge in [0, 0.05) is 38.0 Å². The van der Waals surface area contributed by atoms with E-state index in [0.29, 0.717) is 39.0 Å². The fourth-order valence-electron chi connectivity index (χ4n) is 7.13. The van der Waals surface area contributed by atoms with E-state index in [1.54, 1.807) is 26.2 Å². The van der Waals surface area contributed by atoms with Gasteiger partial charge in [-0.15, -0.1) is 16.9 Å². The minimum absolute atomic E-state index is 0.0117. The highest BCUT2D eigenvalue weighted by Gasteiger charge is 2.70. The second-order valence-corrected chi connectivity index (χ2v) is 13.1. The average molecular weight is 599 g/mol. The van der Waals surface area contributed by atoms with Crippen molar-refractivity contribution in [3.63, 3.8) is 0 Å². The highest BCUT2D eigenvalue weighted by molar-refractivity contribution is 8.02. The van der Waals surface area contributed by atoms with Gasteiger partial charge in [-0.05, 0) is 30.5 Å². The van der Waals surface area contributed by atoms with E-state index in [2.05, 4.69) is 16.4 Å². The van der Waals surface area contributed by atoms with Crippen LogP contribution in [0.2, 0.25) is 0 Å². The van der Waals surface area contributed by atoms with Crippen molar-refractivity contribution < 1.29 is 19.5 Å². The molecule has 1 aromatic heterocycles. The van der Waals surface area contributed by atoms with Gasteiger partial charge in [-0.1, -0.05) is 72.0 Å². The first-order valence-electron chi connectivity index (χ1n) is 14.8. The molecule has 0 radical (unpaired) electrons. The normalized spacial score (nSPS) is 28.3. The maximum Gasteiger partial charge on any atom is 0.248 e. The van der Waals surface area contributed by atoms with E-state index in [1.807, 2.05) is 77.7 Å². The van der Waals surface area contributed by atoms with Gasteiger partial charge in [0.1, 0.15) is 18.2 Å². The van der Waals surface area contributed by atoms with E-state index in [0.717, 1.165) is 16.6 Å². The Bertz CT molecular complexity index is 1610. The lowest BCUT2D eigenvalue weighted by Gasteiger charge is -2.35. The summed E-state index contributed by atoms with van der Waals surface area (Å²) in [6.07, 6.45) is 9.19. The van der Waals surface area contributed by atoms with Crippen LogP contribution in [0.1, 0.15) is 18.4 Å². The third-order valence-electron chi connectivity index (χ3n) is 9.07. The van der Waals surface area contributed by atoms with Crippen LogP contribution in [0.3, 0.4) is 0 Å². The van der Waals surface area contributed by atoms with Crippen LogP contribution in [-0.2, 0) is 27.6 Å². The van der Waals surface area contributed by atoms with Crippen LogP contribution in [0.25, 0.3) is 11.0 Å². The van der Waals surface area contributed by atoms with E-state index in [-0.39, 0.29) is 36.2 Å². The summed E-state index contributed by atoms with van der Waals surface area (Å²) >= 11 is 1.58. The van der Waals surface area contributed by atoms with Crippen LogP contribution in [0.4, 0.5) is 0 Å². The van der Waals surface area contributed by atoms with Gasteiger partial charge in [0.05, 0.1) is 22.1 Å². The zero-order chi connectivity index (χ0) is 29.6. The number of carbonyl (C=O) groups excluding carboxylic acids is 3. The number of thioether (sulfide) groups is 1. The van der Waals surface area contributed by atoms with Gasteiger partial charge in [0.15, 0.2) is 0 Å². The number of benzene rings is 2. The van der Waals surface area contributed by atoms with Gasteiger partial charge in [-0.3, -0.25) is 14.4 Å². The number of hydrogen-bond acceptors (Lipinski definition) is 7. The van der Waals surface area contributed by atoms with Gasteiger partial charge >= 0.3 is 0 Å². The Morgan fingerprint density at radius 2 is 1.70 bits per heavy atom. The number of fused-ring (bicyclic) bond motifs is 3. The number of likely N-dealkylation sites (tertiary alicyclic amines) is 1. The molecule has 1 N–H and O–H groups in total. The fraction of sp³-hybridized carbons (Fsp3) is 0.406. The number of carbonyl (C=O) groups is 3. The van der Waals surface area contributed by atoms with Crippen molar-refractivity contribution in [3.05, 3.63) is 84.5 Å². The SMILES string of the molecule is O=C1C2N(CCCCO)C(=O)[C@@H]3[C@@H]4C(=O)N(Cc5ccccc5)CC=C[C@@H]4S[C@]23C=CCN1Cn1nnc2ccccc21. The lowest BCUT2D eigenvalue weighted by molar-refractivity contribution is -0.145. The molecule has 0 saturated carbocycles. The Kier molecular flexibility index (Phi) is 7.30. The van der Waals surface area contributed by atoms with Gasteiger partial charge in [0.25, 0.3) is 0 Å². The van der Waals surface area contributed by atoms with Crippen LogP contribution in [-0.4, -0.2) is 94.8 Å². The Balaban J connectivity index is 1.24. The summed E-state index contributed by atoms with van der Waals surface area (Å²) in [7, 11) is 0. The molecule has 1 unspecified atom stereocenters. The zero-order valence-electron chi connectivity index (χ0n) is 23.7. The van der Waals surface area contributed by atoms with Crippen LogP contribution in [0.15, 0.2) is 78.9 Å². The molecule has 5 heterocycles. The van der Waals surface area contributed by atoms with Crippen molar-refractivity contribution >= 4 is 40.5 Å². The maximum atomic E-state index is 14.5. The smallest absolute Gasteiger partial charge is 0.248 e. The lowest BCUT2D eigenvalue weighted by Crippen LogP contribution is -2.53. The number of rotatable bonds is 8. The van der Waals surface area contributed by atoms with E-state index >= 15 is 0 Å². The zero-order valence-corrected chi connectivity index (χ0v) is 24.6. The molecule has 4 aliphatic rings. The van der Waals surface area contributed by atoms with Crippen molar-refractivity contribution in [2.24, 2.45) is 11.8 Å². The quantitative estimate of drug-likeness (QED) is 0.313. The summed E-state index contributed by atoms with van der Waals surface area (Å²) in [5.74, 6) is -1.60. The molecule has 11 heteroatoms. The van der Waals surface area contributed by atoms with Gasteiger partial charge < -0.3 is 19.8 Å². The lowest BCUT2D eigenvalue weighted by atomic mass is 9.78. The number of hydrogen-bond donors (Lipinski definition) is 1. The highest BCUT2D eigenvalue weighted by Crippen LogP contribution is 2.61. The first-order valence-corrected chi connectivity index (χ1v) is 15.7. The fourth-order valence-corrected chi connectivity index (χ4v) is 9.13. The number of aliphatic hydroxyl groups is 1. The average Bonchev–Trinajstić information content (AvgIpc) is 3.57. The predicted molar refractivity (Wildman–Crippen MR) is 162 cm³/mol. The van der Waals surface area contributed by atoms with E-state index in [9.17, 15) is 19.5 Å². The predicted octanol–water partition coefficient (Wildman–Crippen LogP) is 2.46. The van der Waals surface area contributed by atoms with Gasteiger partial charge in [-0.2, -0.15) is 0 Å². The molecule has 3 amide bonds. The van der Waals surface area contributed by atoms with Gasteiger partial charge in [-0.25, -0.2) is 4.68 Å². The summed E-state index contributed by atoms with van der Waals surface area (Å²) < 4.78 is 0.834. The molecule has 10 nitrogen and oxygen atoms in total. The van der Waals surface area contributed by atoms with Crippen LogP contribution in [0, 0.1) is 11.8 Å². The molecular formula is C32H34N6O4S. The molecule has 3 aromatic rings. The van der Waals surface area contributed by atoms with Crippen molar-refractivity contribution in [2.45, 2.75) is 42.1 Å². The summed E-state index contributed by atoms with van der Waals surface area (Å²) in [5.41, 5.74) is 2.60. The van der Waals surface area contributed by atoms with Crippen molar-refractivity contribution in [1.82, 2.24) is 29.7 Å². The number of nitrogens with zero attached hydrogens (tertiary/aromatic N) is 6. The highest BCUT2D eigenvalue weighted by atomic mass is 32.2. The van der Waals surface area contributed by atoms with Crippen LogP contribution < -0.4 is 0 Å². The third kappa shape index (κ3) is 4.65. The molecule has 2 aromatic carbocycles. The summed E-state index contributed by atoms with van der Waals surface area (Å²) in [6.45, 7) is 1.85. The van der Waals surface area contributed by atoms with Crippen molar-refractivity contribution in [1.29, 1.82) is 0 Å². The number of aromatic nitrogens is 3. The Morgan fingerprint density at radius 1 is 0.907 bits per heavy atom. The molecule has 222 valence electrons. The topological polar surface area (TPSA) is 112 Å². The molecule has 2 saturated heterocycles. The third-order valence-corrected chi connectivity index (χ3v) is 10.8. The number of para-hydroxylation sites is 1. The molecule has 4 aliphatic heterocycles. The minimum Gasteiger partial charge on any atom is -0.396 e. The monoisotopic (exact) mass is 598 g/mol. The summed E-state index contributed by atoms with van der Waals surface area (Å²) in [5, 5.41) is 17.8. The standard InChI is InChI=1S/C32H34N6O4S/c39-19-7-6-18-37-28-31(42)36(21-38-24-13-5-4-12-23(24)33-34-38)17-9-15-32(28)27(30(37)41)26-25(43-32)14-8-16-35(29(26)40)20-22-10-2-1-3-11-22/h1-5,8-15,25-28,39H,6-7,16-21H2/t25-,26+,27-,28?,32-/m0/s1.